The minimum Gasteiger partial charge on any atom is -1.00 e. The molecular formula is C8H4Cl2F3NO3S-2. The average Bonchev–Trinajstić information content (AvgIpc) is 2.16. The van der Waals surface area contributed by atoms with Crippen LogP contribution in [0.1, 0.15) is 0 Å². The monoisotopic (exact) mass is 321 g/mol. The third kappa shape index (κ3) is 5.00. The molecule has 0 aliphatic carbocycles. The van der Waals surface area contributed by atoms with Gasteiger partial charge in [-0.15, -0.1) is 21.6 Å². The SMILES string of the molecule is [C-]#[N+]S(=O)(=O)c1ccccc1OC(F)(F)F.[Cl-].[Cl-]. The molecule has 0 N–H and O–H groups in total. The number of ether oxygens (including phenoxy) is 1. The second kappa shape index (κ2) is 6.68. The summed E-state index contributed by atoms with van der Waals surface area (Å²) in [4.78, 5) is -0.803. The molecule has 0 unspecified atom stereocenters. The fourth-order valence-electron chi connectivity index (χ4n) is 0.921. The minimum atomic E-state index is -5.01. The molecule has 4 nitrogen and oxygen atoms in total. The van der Waals surface area contributed by atoms with E-state index in [0.29, 0.717) is 0 Å². The topological polar surface area (TPSA) is 47.7 Å². The highest BCUT2D eigenvalue weighted by Gasteiger charge is 2.35. The molecular weight excluding hydrogens is 318 g/mol. The number of para-hydroxylation sites is 1. The maximum Gasteiger partial charge on any atom is 0.573 e. The molecule has 0 spiro atoms. The number of alkyl halides is 3. The quantitative estimate of drug-likeness (QED) is 0.525. The van der Waals surface area contributed by atoms with Crippen LogP contribution < -0.4 is 29.6 Å². The van der Waals surface area contributed by atoms with E-state index in [-0.39, 0.29) is 24.8 Å². The Bertz CT molecular complexity index is 539. The number of benzene rings is 1. The van der Waals surface area contributed by atoms with Gasteiger partial charge >= 0.3 is 16.4 Å². The van der Waals surface area contributed by atoms with Crippen molar-refractivity contribution in [3.8, 4) is 5.75 Å². The highest BCUT2D eigenvalue weighted by atomic mass is 35.5. The van der Waals surface area contributed by atoms with Crippen molar-refractivity contribution in [2.24, 2.45) is 0 Å². The highest BCUT2D eigenvalue weighted by Crippen LogP contribution is 2.30. The summed E-state index contributed by atoms with van der Waals surface area (Å²) in [5.41, 5.74) is 0. The van der Waals surface area contributed by atoms with Crippen LogP contribution in [0.15, 0.2) is 29.2 Å². The predicted octanol–water partition coefficient (Wildman–Crippen LogP) is -3.80. The Kier molecular flexibility index (Phi) is 7.12. The molecule has 1 rings (SSSR count). The first kappa shape index (κ1) is 19.2. The van der Waals surface area contributed by atoms with Crippen LogP contribution in [-0.2, 0) is 10.0 Å². The van der Waals surface area contributed by atoms with Gasteiger partial charge in [0.15, 0.2) is 10.6 Å². The molecule has 0 atom stereocenters. The Hall–Kier alpha value is -1.17. The summed E-state index contributed by atoms with van der Waals surface area (Å²) in [6, 6.07) is 4.06. The summed E-state index contributed by atoms with van der Waals surface area (Å²) in [5, 5.41) is 0. The van der Waals surface area contributed by atoms with Gasteiger partial charge < -0.3 is 29.6 Å². The molecule has 0 fully saturated rings. The number of halogens is 5. The molecule has 0 radical (unpaired) electrons. The minimum absolute atomic E-state index is 0. The summed E-state index contributed by atoms with van der Waals surface area (Å²) in [7, 11) is -4.43. The van der Waals surface area contributed by atoms with Gasteiger partial charge in [-0.05, 0) is 12.1 Å². The van der Waals surface area contributed by atoms with E-state index in [1.54, 1.807) is 0 Å². The van der Waals surface area contributed by atoms with E-state index in [9.17, 15) is 21.6 Å². The van der Waals surface area contributed by atoms with Gasteiger partial charge in [0.2, 0.25) is 0 Å². The number of hydrogen-bond acceptors (Lipinski definition) is 3. The Morgan fingerprint density at radius 2 is 1.67 bits per heavy atom. The molecule has 0 amide bonds. The number of hydrogen-bond donors (Lipinski definition) is 0. The number of rotatable bonds is 2. The molecule has 0 bridgehead atoms. The van der Waals surface area contributed by atoms with Gasteiger partial charge in [-0.1, -0.05) is 12.1 Å². The van der Waals surface area contributed by atoms with E-state index in [0.717, 1.165) is 12.1 Å². The Morgan fingerprint density at radius 3 is 2.11 bits per heavy atom. The average molecular weight is 322 g/mol. The number of nitrogens with zero attached hydrogens (tertiary/aromatic N) is 1. The third-order valence-electron chi connectivity index (χ3n) is 1.47. The molecule has 10 heteroatoms. The lowest BCUT2D eigenvalue weighted by Gasteiger charge is -2.09. The van der Waals surface area contributed by atoms with E-state index in [2.05, 4.69) is 8.99 Å². The molecule has 1 aromatic carbocycles. The van der Waals surface area contributed by atoms with Crippen molar-refractivity contribution in [2.75, 3.05) is 0 Å². The van der Waals surface area contributed by atoms with Gasteiger partial charge in [-0.3, -0.25) is 0 Å². The van der Waals surface area contributed by atoms with Crippen molar-refractivity contribution in [3.63, 3.8) is 0 Å². The van der Waals surface area contributed by atoms with Crippen LogP contribution >= 0.6 is 0 Å². The van der Waals surface area contributed by atoms with Crippen LogP contribution in [0.3, 0.4) is 0 Å². The maximum absolute atomic E-state index is 11.9. The number of sulfonamides is 1. The fourth-order valence-corrected chi connectivity index (χ4v) is 1.63. The van der Waals surface area contributed by atoms with Crippen molar-refractivity contribution >= 4 is 10.0 Å². The first-order valence-corrected chi connectivity index (χ1v) is 5.19. The first-order valence-electron chi connectivity index (χ1n) is 3.75. The van der Waals surface area contributed by atoms with E-state index in [4.69, 9.17) is 6.57 Å². The van der Waals surface area contributed by atoms with Gasteiger partial charge in [0.1, 0.15) is 0 Å². The Balaban J connectivity index is 0. The van der Waals surface area contributed by atoms with Crippen molar-refractivity contribution in [3.05, 3.63) is 35.1 Å². The molecule has 0 heterocycles. The molecule has 0 saturated heterocycles. The molecule has 18 heavy (non-hydrogen) atoms. The molecule has 1 aromatic rings. The molecule has 0 aliphatic rings. The van der Waals surface area contributed by atoms with E-state index in [1.807, 2.05) is 0 Å². The fraction of sp³-hybridized carbons (Fsp3) is 0.125. The van der Waals surface area contributed by atoms with Crippen LogP contribution in [0, 0.1) is 6.57 Å². The summed E-state index contributed by atoms with van der Waals surface area (Å²) in [6.07, 6.45) is -5.01. The van der Waals surface area contributed by atoms with Crippen molar-refractivity contribution in [1.82, 2.24) is 0 Å². The van der Waals surface area contributed by atoms with Crippen molar-refractivity contribution in [2.45, 2.75) is 11.3 Å². The smallest absolute Gasteiger partial charge is 0.573 e. The largest absolute Gasteiger partial charge is 1.00 e. The van der Waals surface area contributed by atoms with Crippen LogP contribution in [-0.4, -0.2) is 14.8 Å². The standard InChI is InChI=1S/C8H4F3NO3S.2ClH/c1-12-16(13,14)7-5-3-2-4-6(7)15-8(9,10)11;;/h2-5H;2*1H/p-2. The predicted molar refractivity (Wildman–Crippen MR) is 46.9 cm³/mol. The highest BCUT2D eigenvalue weighted by molar-refractivity contribution is 7.93. The Morgan fingerprint density at radius 1 is 1.17 bits per heavy atom. The zero-order valence-corrected chi connectivity index (χ0v) is 10.6. The third-order valence-corrected chi connectivity index (χ3v) is 2.61. The summed E-state index contributed by atoms with van der Waals surface area (Å²) < 4.78 is 63.7. The second-order valence-electron chi connectivity index (χ2n) is 2.56. The van der Waals surface area contributed by atoms with Crippen LogP contribution in [0.2, 0.25) is 0 Å². The zero-order valence-electron chi connectivity index (χ0n) is 8.28. The lowest BCUT2D eigenvalue weighted by atomic mass is 10.3. The van der Waals surface area contributed by atoms with E-state index in [1.165, 1.54) is 12.1 Å². The molecule has 0 saturated carbocycles. The summed E-state index contributed by atoms with van der Waals surface area (Å²) in [6.45, 7) is 6.37. The van der Waals surface area contributed by atoms with E-state index < -0.39 is 27.0 Å². The van der Waals surface area contributed by atoms with E-state index >= 15 is 0 Å². The van der Waals surface area contributed by atoms with Crippen LogP contribution in [0.4, 0.5) is 13.2 Å². The lowest BCUT2D eigenvalue weighted by molar-refractivity contribution is -0.275. The maximum atomic E-state index is 11.9. The first-order chi connectivity index (χ1) is 7.26. The van der Waals surface area contributed by atoms with Gasteiger partial charge in [0.25, 0.3) is 0 Å². The molecule has 102 valence electrons. The Labute approximate surface area is 113 Å². The van der Waals surface area contributed by atoms with Gasteiger partial charge in [0.05, 0.1) is 0 Å². The van der Waals surface area contributed by atoms with Gasteiger partial charge in [-0.25, -0.2) is 6.57 Å². The van der Waals surface area contributed by atoms with Gasteiger partial charge in [-0.2, -0.15) is 4.25 Å². The van der Waals surface area contributed by atoms with Crippen LogP contribution in [0.5, 0.6) is 5.75 Å². The lowest BCUT2D eigenvalue weighted by Crippen LogP contribution is -3.00. The second-order valence-corrected chi connectivity index (χ2v) is 4.13. The van der Waals surface area contributed by atoms with Crippen molar-refractivity contribution in [1.29, 1.82) is 0 Å². The molecule has 0 aromatic heterocycles. The summed E-state index contributed by atoms with van der Waals surface area (Å²) in [5.74, 6) is -0.911. The molecule has 0 aliphatic heterocycles. The zero-order chi connectivity index (χ0) is 12.4. The van der Waals surface area contributed by atoms with Gasteiger partial charge in [0, 0.05) is 0 Å². The van der Waals surface area contributed by atoms with Crippen molar-refractivity contribution < 1.29 is 51.1 Å². The summed E-state index contributed by atoms with van der Waals surface area (Å²) >= 11 is 0. The normalized spacial score (nSPS) is 10.6. The van der Waals surface area contributed by atoms with Crippen LogP contribution in [0.25, 0.3) is 4.25 Å².